The minimum atomic E-state index is -3.91. The standard InChI is InChI=1S/C17H18ClNO5S/c1-23-12-4-6-16(24-2)17(10-12)25(21,22)19-8-7-15(20)13-9-11(18)3-5-14(13)19/h3-6,9-10,15,20H,7-8H2,1-2H3. The third kappa shape index (κ3) is 3.15. The summed E-state index contributed by atoms with van der Waals surface area (Å²) in [6, 6.07) is 9.40. The van der Waals surface area contributed by atoms with Crippen molar-refractivity contribution in [1.82, 2.24) is 0 Å². The average Bonchev–Trinajstić information content (AvgIpc) is 2.61. The van der Waals surface area contributed by atoms with E-state index < -0.39 is 16.1 Å². The molecule has 134 valence electrons. The number of fused-ring (bicyclic) bond motifs is 1. The molecule has 6 nitrogen and oxygen atoms in total. The lowest BCUT2D eigenvalue weighted by atomic mass is 10.0. The quantitative estimate of drug-likeness (QED) is 0.878. The molecule has 2 aromatic carbocycles. The summed E-state index contributed by atoms with van der Waals surface area (Å²) in [5.41, 5.74) is 0.900. The van der Waals surface area contributed by atoms with Crippen LogP contribution in [-0.2, 0) is 10.0 Å². The predicted octanol–water partition coefficient (Wildman–Crippen LogP) is 2.99. The van der Waals surface area contributed by atoms with Crippen LogP contribution in [0.25, 0.3) is 0 Å². The van der Waals surface area contributed by atoms with Gasteiger partial charge in [0.1, 0.15) is 16.4 Å². The molecule has 0 aliphatic carbocycles. The van der Waals surface area contributed by atoms with Crippen LogP contribution in [0.5, 0.6) is 11.5 Å². The number of methoxy groups -OCH3 is 2. The van der Waals surface area contributed by atoms with E-state index in [1.807, 2.05) is 0 Å². The molecule has 0 fully saturated rings. The molecule has 0 saturated heterocycles. The zero-order chi connectivity index (χ0) is 18.2. The van der Waals surface area contributed by atoms with Crippen LogP contribution in [-0.4, -0.2) is 34.3 Å². The van der Waals surface area contributed by atoms with Gasteiger partial charge >= 0.3 is 0 Å². The van der Waals surface area contributed by atoms with Gasteiger partial charge in [0.25, 0.3) is 10.0 Å². The largest absolute Gasteiger partial charge is 0.497 e. The van der Waals surface area contributed by atoms with Gasteiger partial charge in [-0.15, -0.1) is 0 Å². The molecule has 0 amide bonds. The number of anilines is 1. The van der Waals surface area contributed by atoms with E-state index >= 15 is 0 Å². The zero-order valence-corrected chi connectivity index (χ0v) is 15.3. The molecule has 8 heteroatoms. The summed E-state index contributed by atoms with van der Waals surface area (Å²) in [4.78, 5) is 0.00615. The Hall–Kier alpha value is -1.96. The van der Waals surface area contributed by atoms with E-state index in [-0.39, 0.29) is 23.6 Å². The van der Waals surface area contributed by atoms with Crippen LogP contribution in [0, 0.1) is 0 Å². The maximum Gasteiger partial charge on any atom is 0.268 e. The first-order chi connectivity index (χ1) is 11.9. The zero-order valence-electron chi connectivity index (χ0n) is 13.8. The van der Waals surface area contributed by atoms with Gasteiger partial charge in [-0.25, -0.2) is 8.42 Å². The highest BCUT2D eigenvalue weighted by Gasteiger charge is 2.34. The van der Waals surface area contributed by atoms with Crippen molar-refractivity contribution in [2.24, 2.45) is 0 Å². The third-order valence-corrected chi connectivity index (χ3v) is 6.23. The summed E-state index contributed by atoms with van der Waals surface area (Å²) in [6.07, 6.45) is -0.480. The van der Waals surface area contributed by atoms with Gasteiger partial charge in [0.15, 0.2) is 0 Å². The molecule has 2 aromatic rings. The SMILES string of the molecule is COc1ccc(OC)c(S(=O)(=O)N2CCC(O)c3cc(Cl)ccc32)c1. The lowest BCUT2D eigenvalue weighted by Gasteiger charge is -2.33. The van der Waals surface area contributed by atoms with Crippen LogP contribution in [0.15, 0.2) is 41.3 Å². The fourth-order valence-corrected chi connectivity index (χ4v) is 4.75. The Kier molecular flexibility index (Phi) is 4.81. The van der Waals surface area contributed by atoms with Crippen LogP contribution >= 0.6 is 11.6 Å². The van der Waals surface area contributed by atoms with Crippen LogP contribution < -0.4 is 13.8 Å². The molecule has 25 heavy (non-hydrogen) atoms. The van der Waals surface area contributed by atoms with Gasteiger partial charge in [0, 0.05) is 23.2 Å². The molecule has 3 rings (SSSR count). The fourth-order valence-electron chi connectivity index (χ4n) is 2.89. The Labute approximate surface area is 151 Å². The number of aliphatic hydroxyl groups is 1. The fraction of sp³-hybridized carbons (Fsp3) is 0.294. The van der Waals surface area contributed by atoms with E-state index in [1.165, 1.54) is 24.6 Å². The number of hydrogen-bond acceptors (Lipinski definition) is 5. The normalized spacial score (nSPS) is 17.1. The van der Waals surface area contributed by atoms with Crippen molar-refractivity contribution in [1.29, 1.82) is 0 Å². The maximum absolute atomic E-state index is 13.3. The average molecular weight is 384 g/mol. The summed E-state index contributed by atoms with van der Waals surface area (Å²) in [6.45, 7) is 0.151. The molecule has 0 aromatic heterocycles. The molecule has 1 unspecified atom stereocenters. The molecule has 0 saturated carbocycles. The summed E-state index contributed by atoms with van der Waals surface area (Å²) in [5.74, 6) is 0.634. The number of benzene rings is 2. The van der Waals surface area contributed by atoms with Gasteiger partial charge < -0.3 is 14.6 Å². The van der Waals surface area contributed by atoms with E-state index in [1.54, 1.807) is 30.3 Å². The van der Waals surface area contributed by atoms with E-state index in [4.69, 9.17) is 21.1 Å². The maximum atomic E-state index is 13.3. The van der Waals surface area contributed by atoms with E-state index in [9.17, 15) is 13.5 Å². The van der Waals surface area contributed by atoms with E-state index in [2.05, 4.69) is 0 Å². The van der Waals surface area contributed by atoms with Crippen LogP contribution in [0.3, 0.4) is 0 Å². The Bertz CT molecular complexity index is 900. The number of aliphatic hydroxyl groups excluding tert-OH is 1. The Morgan fingerprint density at radius 3 is 2.60 bits per heavy atom. The first kappa shape index (κ1) is 17.8. The Morgan fingerprint density at radius 1 is 1.16 bits per heavy atom. The van der Waals surface area contributed by atoms with Gasteiger partial charge in [-0.1, -0.05) is 11.6 Å². The molecule has 0 spiro atoms. The summed E-state index contributed by atoms with van der Waals surface area (Å²) < 4.78 is 38.2. The molecule has 1 heterocycles. The molecule has 1 atom stereocenters. The van der Waals surface area contributed by atoms with Gasteiger partial charge in [-0.2, -0.15) is 0 Å². The highest BCUT2D eigenvalue weighted by atomic mass is 35.5. The van der Waals surface area contributed by atoms with Crippen LogP contribution in [0.4, 0.5) is 5.69 Å². The second-order valence-corrected chi connectivity index (χ2v) is 7.87. The minimum absolute atomic E-state index is 0.00615. The number of nitrogens with zero attached hydrogens (tertiary/aromatic N) is 1. The van der Waals surface area contributed by atoms with Crippen molar-refractivity contribution < 1.29 is 23.0 Å². The van der Waals surface area contributed by atoms with Crippen molar-refractivity contribution in [2.45, 2.75) is 17.4 Å². The number of hydrogen-bond donors (Lipinski definition) is 1. The molecular formula is C17H18ClNO5S. The number of sulfonamides is 1. The Morgan fingerprint density at radius 2 is 1.92 bits per heavy atom. The first-order valence-electron chi connectivity index (χ1n) is 7.60. The molecule has 0 bridgehead atoms. The van der Waals surface area contributed by atoms with Crippen molar-refractivity contribution in [3.05, 3.63) is 47.0 Å². The van der Waals surface area contributed by atoms with Crippen LogP contribution in [0.1, 0.15) is 18.1 Å². The van der Waals surface area contributed by atoms with Crippen molar-refractivity contribution in [3.63, 3.8) is 0 Å². The predicted molar refractivity (Wildman–Crippen MR) is 95.1 cm³/mol. The molecule has 1 aliphatic rings. The molecule has 1 aliphatic heterocycles. The number of halogens is 1. The second kappa shape index (κ2) is 6.74. The van der Waals surface area contributed by atoms with E-state index in [0.717, 1.165) is 0 Å². The van der Waals surface area contributed by atoms with Crippen LogP contribution in [0.2, 0.25) is 5.02 Å². The van der Waals surface area contributed by atoms with Crippen molar-refractivity contribution in [2.75, 3.05) is 25.1 Å². The van der Waals surface area contributed by atoms with Gasteiger partial charge in [0.2, 0.25) is 0 Å². The highest BCUT2D eigenvalue weighted by Crippen LogP contribution is 2.40. The lowest BCUT2D eigenvalue weighted by molar-refractivity contribution is 0.166. The smallest absolute Gasteiger partial charge is 0.268 e. The van der Waals surface area contributed by atoms with Gasteiger partial charge in [-0.3, -0.25) is 4.31 Å². The highest BCUT2D eigenvalue weighted by molar-refractivity contribution is 7.93. The monoisotopic (exact) mass is 383 g/mol. The topological polar surface area (TPSA) is 76.1 Å². The first-order valence-corrected chi connectivity index (χ1v) is 9.42. The number of ether oxygens (including phenoxy) is 2. The van der Waals surface area contributed by atoms with Crippen molar-refractivity contribution >= 4 is 27.3 Å². The van der Waals surface area contributed by atoms with Gasteiger partial charge in [-0.05, 0) is 36.8 Å². The van der Waals surface area contributed by atoms with Crippen molar-refractivity contribution in [3.8, 4) is 11.5 Å². The minimum Gasteiger partial charge on any atom is -0.497 e. The Balaban J connectivity index is 2.15. The molecular weight excluding hydrogens is 366 g/mol. The molecule has 0 radical (unpaired) electrons. The van der Waals surface area contributed by atoms with Gasteiger partial charge in [0.05, 0.1) is 26.0 Å². The second-order valence-electron chi connectivity index (χ2n) is 5.60. The summed E-state index contributed by atoms with van der Waals surface area (Å²) in [7, 11) is -1.04. The van der Waals surface area contributed by atoms with E-state index in [0.29, 0.717) is 22.0 Å². The number of rotatable bonds is 4. The summed E-state index contributed by atoms with van der Waals surface area (Å²) >= 11 is 5.99. The molecule has 1 N–H and O–H groups in total. The lowest BCUT2D eigenvalue weighted by Crippen LogP contribution is -2.36. The third-order valence-electron chi connectivity index (χ3n) is 4.16. The summed E-state index contributed by atoms with van der Waals surface area (Å²) in [5, 5.41) is 10.6.